The van der Waals surface area contributed by atoms with Crippen molar-refractivity contribution in [3.8, 4) is 0 Å². The molecule has 4 rings (SSSR count). The molecule has 184 valence electrons. The van der Waals surface area contributed by atoms with Gasteiger partial charge in [-0.05, 0) is 47.9 Å². The normalized spacial score (nSPS) is 16.4. The number of piperazine rings is 1. The van der Waals surface area contributed by atoms with Crippen LogP contribution in [-0.2, 0) is 0 Å². The lowest BCUT2D eigenvalue weighted by Crippen LogP contribution is -2.62. The zero-order chi connectivity index (χ0) is 25.5. The molecule has 1 fully saturated rings. The van der Waals surface area contributed by atoms with Gasteiger partial charge in [-0.3, -0.25) is 9.59 Å². The van der Waals surface area contributed by atoms with Crippen molar-refractivity contribution in [3.63, 3.8) is 0 Å². The molecule has 9 nitrogen and oxygen atoms in total. The number of nitrogens with zero attached hydrogens (tertiary/aromatic N) is 2. The van der Waals surface area contributed by atoms with E-state index in [0.717, 1.165) is 10.2 Å². The Bertz CT molecular complexity index is 1300. The first kappa shape index (κ1) is 24.6. The summed E-state index contributed by atoms with van der Waals surface area (Å²) in [6, 6.07) is 12.0. The lowest BCUT2D eigenvalue weighted by Gasteiger charge is -2.49. The molecule has 1 atom stereocenters. The molecule has 0 bridgehead atoms. The van der Waals surface area contributed by atoms with E-state index >= 15 is 0 Å². The molecule has 2 aromatic carbocycles. The number of carbonyl (C=O) groups excluding carboxylic acids is 3. The van der Waals surface area contributed by atoms with Gasteiger partial charge in [-0.15, -0.1) is 0 Å². The standard InChI is InChI=1S/C25H27BrN4O5/c1-25(2,3)19-13-29(10-11-30(19)24(33)34)16-7-4-14(5-8-16)23(32)28-20-17-12-15(26)6-9-18(17)35-21(20)22(27)31/h4-9,12,19H,10-11,13H2,1-3H3,(H2,27,31)(H,28,32)(H,33,34)/p-1. The fourth-order valence-corrected chi connectivity index (χ4v) is 4.72. The third-order valence-electron chi connectivity index (χ3n) is 6.22. The molecule has 3 aromatic rings. The number of primary amides is 1. The van der Waals surface area contributed by atoms with E-state index in [1.165, 1.54) is 4.90 Å². The highest BCUT2D eigenvalue weighted by Crippen LogP contribution is 2.34. The van der Waals surface area contributed by atoms with Gasteiger partial charge in [-0.25, -0.2) is 0 Å². The second-order valence-corrected chi connectivity index (χ2v) is 10.5. The fraction of sp³-hybridized carbons (Fsp3) is 0.320. The van der Waals surface area contributed by atoms with Gasteiger partial charge >= 0.3 is 0 Å². The molecule has 3 N–H and O–H groups in total. The van der Waals surface area contributed by atoms with Crippen molar-refractivity contribution in [2.45, 2.75) is 26.8 Å². The molecule has 1 saturated heterocycles. The molecule has 2 heterocycles. The van der Waals surface area contributed by atoms with E-state index in [4.69, 9.17) is 10.2 Å². The molecule has 1 aliphatic heterocycles. The number of rotatable bonds is 4. The SMILES string of the molecule is CC(C)(C)C1CN(c2ccc(C(=O)Nc3c(C(N)=O)oc4ccc(Br)cc34)cc2)CCN1C(=O)[O-]. The molecule has 35 heavy (non-hydrogen) atoms. The quantitative estimate of drug-likeness (QED) is 0.520. The van der Waals surface area contributed by atoms with Crippen molar-refractivity contribution in [1.29, 1.82) is 0 Å². The lowest BCUT2D eigenvalue weighted by molar-refractivity contribution is -0.270. The van der Waals surface area contributed by atoms with Gasteiger partial charge in [0.1, 0.15) is 17.4 Å². The minimum absolute atomic E-state index is 0.123. The number of furan rings is 1. The number of fused-ring (bicyclic) bond motifs is 1. The van der Waals surface area contributed by atoms with Gasteiger partial charge in [0.15, 0.2) is 0 Å². The monoisotopic (exact) mass is 541 g/mol. The predicted molar refractivity (Wildman–Crippen MR) is 134 cm³/mol. The highest BCUT2D eigenvalue weighted by Gasteiger charge is 2.35. The molecule has 0 spiro atoms. The summed E-state index contributed by atoms with van der Waals surface area (Å²) in [5, 5.41) is 14.9. The van der Waals surface area contributed by atoms with Crippen LogP contribution in [0.4, 0.5) is 16.2 Å². The molecular formula is C25H26BrN4O5-. The minimum Gasteiger partial charge on any atom is -0.530 e. The highest BCUT2D eigenvalue weighted by atomic mass is 79.9. The van der Waals surface area contributed by atoms with Crippen molar-refractivity contribution in [1.82, 2.24) is 4.90 Å². The molecule has 3 amide bonds. The molecule has 1 unspecified atom stereocenters. The van der Waals surface area contributed by atoms with Crippen LogP contribution in [-0.4, -0.2) is 48.5 Å². The maximum atomic E-state index is 13.0. The average Bonchev–Trinajstić information content (AvgIpc) is 3.16. The number of halogens is 1. The maximum Gasteiger partial charge on any atom is 0.286 e. The van der Waals surface area contributed by atoms with Crippen LogP contribution in [0.15, 0.2) is 51.4 Å². The third kappa shape index (κ3) is 4.97. The van der Waals surface area contributed by atoms with Crippen molar-refractivity contribution >= 4 is 56.2 Å². The van der Waals surface area contributed by atoms with Gasteiger partial charge in [-0.1, -0.05) is 36.7 Å². The molecular weight excluding hydrogens is 516 g/mol. The number of carbonyl (C=O) groups is 3. The van der Waals surface area contributed by atoms with E-state index in [9.17, 15) is 19.5 Å². The van der Waals surface area contributed by atoms with E-state index in [1.807, 2.05) is 32.9 Å². The minimum atomic E-state index is -1.16. The average molecular weight is 542 g/mol. The molecule has 1 aromatic heterocycles. The highest BCUT2D eigenvalue weighted by molar-refractivity contribution is 9.10. The summed E-state index contributed by atoms with van der Waals surface area (Å²) in [7, 11) is 0. The van der Waals surface area contributed by atoms with Crippen LogP contribution in [0.25, 0.3) is 11.0 Å². The number of anilines is 2. The Morgan fingerprint density at radius 3 is 2.40 bits per heavy atom. The topological polar surface area (TPSA) is 132 Å². The van der Waals surface area contributed by atoms with E-state index in [1.54, 1.807) is 30.3 Å². The van der Waals surface area contributed by atoms with E-state index in [0.29, 0.717) is 36.2 Å². The van der Waals surface area contributed by atoms with Gasteiger partial charge < -0.3 is 35.2 Å². The van der Waals surface area contributed by atoms with Crippen LogP contribution in [0.5, 0.6) is 0 Å². The Kier molecular flexibility index (Phi) is 6.50. The van der Waals surface area contributed by atoms with E-state index in [2.05, 4.69) is 26.1 Å². The Morgan fingerprint density at radius 2 is 1.80 bits per heavy atom. The van der Waals surface area contributed by atoms with Gasteiger partial charge in [-0.2, -0.15) is 0 Å². The molecule has 0 radical (unpaired) electrons. The summed E-state index contributed by atoms with van der Waals surface area (Å²) >= 11 is 3.38. The second-order valence-electron chi connectivity index (χ2n) is 9.60. The molecule has 10 heteroatoms. The van der Waals surface area contributed by atoms with Crippen LogP contribution in [0, 0.1) is 5.41 Å². The lowest BCUT2D eigenvalue weighted by atomic mass is 9.84. The number of hydrogen-bond acceptors (Lipinski definition) is 6. The summed E-state index contributed by atoms with van der Waals surface area (Å²) in [5.41, 5.74) is 7.10. The summed E-state index contributed by atoms with van der Waals surface area (Å²) < 4.78 is 6.31. The molecule has 0 saturated carbocycles. The van der Waals surface area contributed by atoms with Gasteiger partial charge in [0.25, 0.3) is 11.8 Å². The number of carboxylic acid groups (broad SMARTS) is 1. The summed E-state index contributed by atoms with van der Waals surface area (Å²) in [5.74, 6) is -1.33. The Balaban J connectivity index is 1.55. The number of hydrogen-bond donors (Lipinski definition) is 2. The fourth-order valence-electron chi connectivity index (χ4n) is 4.35. The zero-order valence-electron chi connectivity index (χ0n) is 19.6. The predicted octanol–water partition coefficient (Wildman–Crippen LogP) is 3.43. The van der Waals surface area contributed by atoms with E-state index < -0.39 is 17.9 Å². The third-order valence-corrected chi connectivity index (χ3v) is 6.71. The molecule has 1 aliphatic rings. The number of nitrogens with one attached hydrogen (secondary N) is 1. The smallest absolute Gasteiger partial charge is 0.286 e. The number of amides is 3. The van der Waals surface area contributed by atoms with E-state index in [-0.39, 0.29) is 22.9 Å². The summed E-state index contributed by atoms with van der Waals surface area (Å²) in [4.78, 5) is 40.0. The van der Waals surface area contributed by atoms with Crippen LogP contribution in [0.1, 0.15) is 41.7 Å². The van der Waals surface area contributed by atoms with Crippen LogP contribution in [0.2, 0.25) is 0 Å². The first-order chi connectivity index (χ1) is 16.5. The van der Waals surface area contributed by atoms with Crippen molar-refractivity contribution in [2.75, 3.05) is 29.9 Å². The Morgan fingerprint density at radius 1 is 1.11 bits per heavy atom. The summed E-state index contributed by atoms with van der Waals surface area (Å²) in [6.45, 7) is 7.38. The summed E-state index contributed by atoms with van der Waals surface area (Å²) in [6.07, 6.45) is -1.16. The first-order valence-corrected chi connectivity index (χ1v) is 11.9. The zero-order valence-corrected chi connectivity index (χ0v) is 21.2. The second kappa shape index (κ2) is 9.26. The van der Waals surface area contributed by atoms with Crippen molar-refractivity contribution < 1.29 is 23.9 Å². The van der Waals surface area contributed by atoms with Crippen molar-refractivity contribution in [3.05, 3.63) is 58.3 Å². The molecule has 0 aliphatic carbocycles. The van der Waals surface area contributed by atoms with Gasteiger partial charge in [0.2, 0.25) is 5.76 Å². The maximum absolute atomic E-state index is 13.0. The Hall–Kier alpha value is -3.53. The van der Waals surface area contributed by atoms with Gasteiger partial charge in [0.05, 0.1) is 6.04 Å². The van der Waals surface area contributed by atoms with Gasteiger partial charge in [0, 0.05) is 40.7 Å². The largest absolute Gasteiger partial charge is 0.530 e. The van der Waals surface area contributed by atoms with Crippen LogP contribution in [0.3, 0.4) is 0 Å². The van der Waals surface area contributed by atoms with Crippen LogP contribution >= 0.6 is 15.9 Å². The Labute approximate surface area is 211 Å². The number of nitrogens with two attached hydrogens (primary N) is 1. The van der Waals surface area contributed by atoms with Crippen LogP contribution < -0.4 is 21.1 Å². The van der Waals surface area contributed by atoms with Crippen molar-refractivity contribution in [2.24, 2.45) is 11.1 Å². The number of benzene rings is 2. The first-order valence-electron chi connectivity index (χ1n) is 11.1.